The molecule has 3 aliphatic rings. The Labute approximate surface area is 115 Å². The average Bonchev–Trinajstić information content (AvgIpc) is 2.45. The normalized spacial score (nSPS) is 49.7. The highest BCUT2D eigenvalue weighted by molar-refractivity contribution is 5.92. The first-order chi connectivity index (χ1) is 8.68. The molecule has 2 fully saturated rings. The van der Waals surface area contributed by atoms with Crippen molar-refractivity contribution in [3.8, 4) is 0 Å². The average molecular weight is 264 g/mol. The van der Waals surface area contributed by atoms with Crippen LogP contribution in [0.25, 0.3) is 0 Å². The van der Waals surface area contributed by atoms with Crippen molar-refractivity contribution in [1.29, 1.82) is 0 Å². The number of hydrogen-bond donors (Lipinski definition) is 1. The van der Waals surface area contributed by atoms with Crippen molar-refractivity contribution in [3.63, 3.8) is 0 Å². The molecule has 3 rings (SSSR count). The van der Waals surface area contributed by atoms with E-state index in [1.807, 2.05) is 20.8 Å². The highest BCUT2D eigenvalue weighted by Gasteiger charge is 2.59. The molecule has 2 saturated carbocycles. The maximum absolute atomic E-state index is 11.9. The van der Waals surface area contributed by atoms with Gasteiger partial charge in [-0.1, -0.05) is 13.3 Å². The van der Waals surface area contributed by atoms with E-state index in [1.54, 1.807) is 0 Å². The van der Waals surface area contributed by atoms with Crippen molar-refractivity contribution in [1.82, 2.24) is 0 Å². The van der Waals surface area contributed by atoms with Crippen molar-refractivity contribution in [2.24, 2.45) is 11.3 Å². The Hall–Kier alpha value is -0.830. The maximum atomic E-state index is 11.9. The van der Waals surface area contributed by atoms with E-state index in [9.17, 15) is 9.90 Å². The molecule has 0 saturated heterocycles. The van der Waals surface area contributed by atoms with Crippen LogP contribution in [0.2, 0.25) is 0 Å². The van der Waals surface area contributed by atoms with Crippen LogP contribution >= 0.6 is 0 Å². The summed E-state index contributed by atoms with van der Waals surface area (Å²) in [5, 5.41) is 10.7. The molecule has 0 amide bonds. The summed E-state index contributed by atoms with van der Waals surface area (Å²) in [6, 6.07) is 0. The molecule has 0 aromatic heterocycles. The fraction of sp³-hybridized carbons (Fsp3) is 0.812. The Morgan fingerprint density at radius 1 is 1.26 bits per heavy atom. The van der Waals surface area contributed by atoms with Gasteiger partial charge in [0.2, 0.25) is 0 Å². The molecular formula is C16H24O3. The molecule has 1 aliphatic heterocycles. The molecule has 0 spiro atoms. The topological polar surface area (TPSA) is 46.5 Å². The summed E-state index contributed by atoms with van der Waals surface area (Å²) in [5.74, 6) is 0.0701. The van der Waals surface area contributed by atoms with Crippen LogP contribution in [-0.4, -0.2) is 22.3 Å². The van der Waals surface area contributed by atoms with E-state index in [-0.39, 0.29) is 17.3 Å². The van der Waals surface area contributed by atoms with E-state index in [2.05, 4.69) is 6.92 Å². The van der Waals surface area contributed by atoms with Gasteiger partial charge in [-0.05, 0) is 63.4 Å². The first-order valence-corrected chi connectivity index (χ1v) is 7.34. The SMILES string of the molecule is CC1=C2C[C@@H]3[C@](C)(CCC[C@]3(C)O)C[C@]2(C)OC1=O. The second-order valence-electron chi connectivity index (χ2n) is 7.52. The van der Waals surface area contributed by atoms with Crippen LogP contribution in [0.5, 0.6) is 0 Å². The first-order valence-electron chi connectivity index (χ1n) is 7.34. The molecule has 0 radical (unpaired) electrons. The van der Waals surface area contributed by atoms with Crippen molar-refractivity contribution in [3.05, 3.63) is 11.1 Å². The van der Waals surface area contributed by atoms with Crippen molar-refractivity contribution in [2.75, 3.05) is 0 Å². The van der Waals surface area contributed by atoms with Gasteiger partial charge in [0.05, 0.1) is 5.60 Å². The second-order valence-corrected chi connectivity index (χ2v) is 7.52. The lowest BCUT2D eigenvalue weighted by molar-refractivity contribution is -0.161. The molecule has 0 unspecified atom stereocenters. The zero-order chi connectivity index (χ0) is 14.1. The minimum Gasteiger partial charge on any atom is -0.451 e. The van der Waals surface area contributed by atoms with E-state index >= 15 is 0 Å². The van der Waals surface area contributed by atoms with Gasteiger partial charge < -0.3 is 9.84 Å². The largest absolute Gasteiger partial charge is 0.451 e. The number of aliphatic hydroxyl groups is 1. The van der Waals surface area contributed by atoms with Gasteiger partial charge >= 0.3 is 5.97 Å². The van der Waals surface area contributed by atoms with Gasteiger partial charge in [0.1, 0.15) is 5.60 Å². The number of carbonyl (C=O) groups excluding carboxylic acids is 1. The number of ether oxygens (including phenoxy) is 1. The molecule has 0 aromatic carbocycles. The molecule has 0 aromatic rings. The molecule has 3 nitrogen and oxygen atoms in total. The predicted octanol–water partition coefficient (Wildman–Crippen LogP) is 2.97. The zero-order valence-corrected chi connectivity index (χ0v) is 12.4. The van der Waals surface area contributed by atoms with E-state index < -0.39 is 11.2 Å². The Morgan fingerprint density at radius 2 is 1.95 bits per heavy atom. The van der Waals surface area contributed by atoms with Gasteiger partial charge in [0.15, 0.2) is 0 Å². The lowest BCUT2D eigenvalue weighted by atomic mass is 9.51. The van der Waals surface area contributed by atoms with Crippen LogP contribution in [0.3, 0.4) is 0 Å². The van der Waals surface area contributed by atoms with Gasteiger partial charge in [0.25, 0.3) is 0 Å². The van der Waals surface area contributed by atoms with Crippen LogP contribution in [0.4, 0.5) is 0 Å². The molecule has 1 heterocycles. The zero-order valence-electron chi connectivity index (χ0n) is 12.4. The third-order valence-electron chi connectivity index (χ3n) is 5.89. The minimum absolute atomic E-state index is 0.0743. The molecule has 4 atom stereocenters. The number of fused-ring (bicyclic) bond motifs is 2. The lowest BCUT2D eigenvalue weighted by Crippen LogP contribution is -2.55. The standard InChI is InChI=1S/C16H24O3/c1-10-11-8-12-14(2,6-5-7-15(12,3)18)9-16(11,4)19-13(10)17/h12,18H,5-9H2,1-4H3/t12-,14-,15+,16+/m1/s1. The maximum Gasteiger partial charge on any atom is 0.334 e. The summed E-state index contributed by atoms with van der Waals surface area (Å²) in [7, 11) is 0. The Balaban J connectivity index is 2.05. The first kappa shape index (κ1) is 13.2. The molecule has 106 valence electrons. The van der Waals surface area contributed by atoms with Crippen LogP contribution in [0.1, 0.15) is 59.8 Å². The smallest absolute Gasteiger partial charge is 0.334 e. The Morgan fingerprint density at radius 3 is 2.63 bits per heavy atom. The lowest BCUT2D eigenvalue weighted by Gasteiger charge is -2.56. The molecule has 0 bridgehead atoms. The summed E-state index contributed by atoms with van der Waals surface area (Å²) in [6.45, 7) is 8.13. The highest BCUT2D eigenvalue weighted by atomic mass is 16.6. The van der Waals surface area contributed by atoms with E-state index in [1.165, 1.54) is 0 Å². The molecule has 19 heavy (non-hydrogen) atoms. The highest BCUT2D eigenvalue weighted by Crippen LogP contribution is 2.60. The van der Waals surface area contributed by atoms with Gasteiger partial charge in [0, 0.05) is 5.57 Å². The van der Waals surface area contributed by atoms with Gasteiger partial charge in [-0.15, -0.1) is 0 Å². The molecule has 2 aliphatic carbocycles. The molecular weight excluding hydrogens is 240 g/mol. The van der Waals surface area contributed by atoms with Crippen LogP contribution in [0, 0.1) is 11.3 Å². The predicted molar refractivity (Wildman–Crippen MR) is 72.5 cm³/mol. The van der Waals surface area contributed by atoms with Gasteiger partial charge in [-0.2, -0.15) is 0 Å². The molecule has 3 heteroatoms. The van der Waals surface area contributed by atoms with Gasteiger partial charge in [-0.3, -0.25) is 0 Å². The summed E-state index contributed by atoms with van der Waals surface area (Å²) in [5.41, 5.74) is 0.922. The van der Waals surface area contributed by atoms with Crippen LogP contribution in [-0.2, 0) is 9.53 Å². The van der Waals surface area contributed by atoms with E-state index in [4.69, 9.17) is 4.74 Å². The number of hydrogen-bond acceptors (Lipinski definition) is 3. The second kappa shape index (κ2) is 3.63. The quantitative estimate of drug-likeness (QED) is 0.684. The minimum atomic E-state index is -0.618. The summed E-state index contributed by atoms with van der Waals surface area (Å²) in [6.07, 6.45) is 4.69. The summed E-state index contributed by atoms with van der Waals surface area (Å²) in [4.78, 5) is 11.9. The van der Waals surface area contributed by atoms with Crippen molar-refractivity contribution in [2.45, 2.75) is 71.0 Å². The summed E-state index contributed by atoms with van der Waals surface area (Å²) >= 11 is 0. The van der Waals surface area contributed by atoms with E-state index in [0.29, 0.717) is 0 Å². The van der Waals surface area contributed by atoms with E-state index in [0.717, 1.165) is 43.3 Å². The van der Waals surface area contributed by atoms with Crippen molar-refractivity contribution < 1.29 is 14.6 Å². The van der Waals surface area contributed by atoms with Crippen molar-refractivity contribution >= 4 is 5.97 Å². The Bertz CT molecular complexity index is 476. The summed E-state index contributed by atoms with van der Waals surface area (Å²) < 4.78 is 5.65. The molecule has 1 N–H and O–H groups in total. The van der Waals surface area contributed by atoms with Gasteiger partial charge in [-0.25, -0.2) is 4.79 Å². The monoisotopic (exact) mass is 264 g/mol. The Kier molecular flexibility index (Phi) is 2.52. The van der Waals surface area contributed by atoms with Crippen LogP contribution < -0.4 is 0 Å². The van der Waals surface area contributed by atoms with Crippen LogP contribution in [0.15, 0.2) is 11.1 Å². The fourth-order valence-corrected chi connectivity index (χ4v) is 4.98. The number of carbonyl (C=O) groups is 1. The third kappa shape index (κ3) is 1.70. The third-order valence-corrected chi connectivity index (χ3v) is 5.89. The number of esters is 1. The fourth-order valence-electron chi connectivity index (χ4n) is 4.98. The number of rotatable bonds is 0.